The van der Waals surface area contributed by atoms with Crippen LogP contribution in [-0.2, 0) is 6.61 Å². The number of nitro benzene ring substituents is 1. The number of aromatic nitrogens is 2. The van der Waals surface area contributed by atoms with E-state index in [0.29, 0.717) is 17.1 Å². The Bertz CT molecular complexity index is 895. The highest BCUT2D eigenvalue weighted by atomic mass is 79.9. The van der Waals surface area contributed by atoms with Gasteiger partial charge in [0.15, 0.2) is 6.61 Å². The maximum atomic E-state index is 10.9. The Labute approximate surface area is 145 Å². The summed E-state index contributed by atoms with van der Waals surface area (Å²) in [4.78, 5) is 14.8. The summed E-state index contributed by atoms with van der Waals surface area (Å²) in [5.41, 5.74) is 1.27. The molecule has 0 aliphatic rings. The van der Waals surface area contributed by atoms with E-state index in [0.717, 1.165) is 10.0 Å². The Hall–Kier alpha value is -2.74. The van der Waals surface area contributed by atoms with E-state index >= 15 is 0 Å². The third-order valence-corrected chi connectivity index (χ3v) is 3.85. The molecule has 0 bridgehead atoms. The molecule has 0 N–H and O–H groups in total. The van der Waals surface area contributed by atoms with E-state index in [1.54, 1.807) is 19.1 Å². The first-order valence-electron chi connectivity index (χ1n) is 7.00. The van der Waals surface area contributed by atoms with Crippen LogP contribution in [0.5, 0.6) is 5.75 Å². The average Bonchev–Trinajstić information content (AvgIpc) is 3.02. The van der Waals surface area contributed by atoms with Crippen molar-refractivity contribution < 1.29 is 14.2 Å². The van der Waals surface area contributed by atoms with Crippen LogP contribution in [-0.4, -0.2) is 15.1 Å². The van der Waals surface area contributed by atoms with Crippen LogP contribution < -0.4 is 4.74 Å². The lowest BCUT2D eigenvalue weighted by Crippen LogP contribution is -1.99. The van der Waals surface area contributed by atoms with Crippen LogP contribution >= 0.6 is 15.9 Å². The second-order valence-corrected chi connectivity index (χ2v) is 5.88. The molecule has 0 amide bonds. The minimum atomic E-state index is -0.444. The third kappa shape index (κ3) is 3.43. The Morgan fingerprint density at radius 2 is 2.08 bits per heavy atom. The number of ether oxygens (including phenoxy) is 1. The molecule has 0 radical (unpaired) electrons. The number of halogens is 1. The molecule has 1 aromatic heterocycles. The van der Waals surface area contributed by atoms with Crippen molar-refractivity contribution >= 4 is 21.6 Å². The van der Waals surface area contributed by atoms with Gasteiger partial charge in [0.25, 0.3) is 11.6 Å². The fraction of sp³-hybridized carbons (Fsp3) is 0.125. The zero-order valence-corrected chi connectivity index (χ0v) is 14.2. The lowest BCUT2D eigenvalue weighted by atomic mass is 10.2. The van der Waals surface area contributed by atoms with Gasteiger partial charge < -0.3 is 9.26 Å². The van der Waals surface area contributed by atoms with E-state index in [-0.39, 0.29) is 18.2 Å². The Morgan fingerprint density at radius 3 is 2.83 bits per heavy atom. The van der Waals surface area contributed by atoms with Gasteiger partial charge in [-0.1, -0.05) is 39.3 Å². The normalized spacial score (nSPS) is 10.6. The average molecular weight is 390 g/mol. The molecule has 0 saturated carbocycles. The van der Waals surface area contributed by atoms with Gasteiger partial charge in [-0.05, 0) is 25.1 Å². The highest BCUT2D eigenvalue weighted by molar-refractivity contribution is 9.10. The van der Waals surface area contributed by atoms with Gasteiger partial charge in [0.1, 0.15) is 5.75 Å². The van der Waals surface area contributed by atoms with Crippen LogP contribution in [0.15, 0.2) is 51.5 Å². The molecule has 0 atom stereocenters. The summed E-state index contributed by atoms with van der Waals surface area (Å²) in [6, 6.07) is 12.2. The highest BCUT2D eigenvalue weighted by Crippen LogP contribution is 2.27. The highest BCUT2D eigenvalue weighted by Gasteiger charge is 2.15. The summed E-state index contributed by atoms with van der Waals surface area (Å²) in [5.74, 6) is 1.15. The Morgan fingerprint density at radius 1 is 1.29 bits per heavy atom. The van der Waals surface area contributed by atoms with Gasteiger partial charge in [-0.15, -0.1) is 0 Å². The predicted octanol–water partition coefficient (Wildman–Crippen LogP) is 4.29. The van der Waals surface area contributed by atoms with Crippen molar-refractivity contribution in [2.45, 2.75) is 13.5 Å². The van der Waals surface area contributed by atoms with Crippen molar-refractivity contribution in [3.8, 4) is 17.1 Å². The SMILES string of the molecule is Cc1c(OCc2nc(-c3cccc(Br)c3)no2)cccc1[N+](=O)[O-]. The first-order chi connectivity index (χ1) is 11.5. The quantitative estimate of drug-likeness (QED) is 0.477. The van der Waals surface area contributed by atoms with Gasteiger partial charge in [-0.2, -0.15) is 4.98 Å². The lowest BCUT2D eigenvalue weighted by Gasteiger charge is -2.06. The van der Waals surface area contributed by atoms with Gasteiger partial charge in [0.05, 0.1) is 10.5 Å². The fourth-order valence-corrected chi connectivity index (χ4v) is 2.55. The second kappa shape index (κ2) is 6.79. The van der Waals surface area contributed by atoms with E-state index < -0.39 is 4.92 Å². The van der Waals surface area contributed by atoms with Crippen molar-refractivity contribution in [1.29, 1.82) is 0 Å². The van der Waals surface area contributed by atoms with Crippen LogP contribution in [0.2, 0.25) is 0 Å². The summed E-state index contributed by atoms with van der Waals surface area (Å²) in [6.07, 6.45) is 0. The number of hydrogen-bond donors (Lipinski definition) is 0. The minimum absolute atomic E-state index is 0.00727. The number of nitro groups is 1. The molecule has 3 aromatic rings. The molecule has 0 aliphatic carbocycles. The van der Waals surface area contributed by atoms with Crippen molar-refractivity contribution in [3.05, 3.63) is 68.5 Å². The molecule has 7 nitrogen and oxygen atoms in total. The van der Waals surface area contributed by atoms with Crippen molar-refractivity contribution in [2.75, 3.05) is 0 Å². The number of benzene rings is 2. The smallest absolute Gasteiger partial charge is 0.276 e. The summed E-state index contributed by atoms with van der Waals surface area (Å²) in [7, 11) is 0. The van der Waals surface area contributed by atoms with Crippen molar-refractivity contribution in [3.63, 3.8) is 0 Å². The number of rotatable bonds is 5. The monoisotopic (exact) mass is 389 g/mol. The fourth-order valence-electron chi connectivity index (χ4n) is 2.15. The van der Waals surface area contributed by atoms with E-state index in [4.69, 9.17) is 9.26 Å². The van der Waals surface area contributed by atoms with E-state index in [2.05, 4.69) is 26.1 Å². The summed E-state index contributed by atoms with van der Waals surface area (Å²) in [6.45, 7) is 1.66. The van der Waals surface area contributed by atoms with Gasteiger partial charge in [-0.25, -0.2) is 0 Å². The second-order valence-electron chi connectivity index (χ2n) is 4.97. The molecule has 1 heterocycles. The molecular weight excluding hydrogens is 378 g/mol. The zero-order chi connectivity index (χ0) is 17.1. The molecule has 0 saturated heterocycles. The van der Waals surface area contributed by atoms with Crippen molar-refractivity contribution in [1.82, 2.24) is 10.1 Å². The minimum Gasteiger partial charge on any atom is -0.483 e. The molecule has 2 aromatic carbocycles. The van der Waals surface area contributed by atoms with Gasteiger partial charge in [-0.3, -0.25) is 10.1 Å². The summed E-state index contributed by atoms with van der Waals surface area (Å²) in [5, 5.41) is 14.9. The molecule has 0 unspecified atom stereocenters. The largest absolute Gasteiger partial charge is 0.483 e. The number of hydrogen-bond acceptors (Lipinski definition) is 6. The number of nitrogens with zero attached hydrogens (tertiary/aromatic N) is 3. The van der Waals surface area contributed by atoms with E-state index in [9.17, 15) is 10.1 Å². The van der Waals surface area contributed by atoms with Crippen molar-refractivity contribution in [2.24, 2.45) is 0 Å². The molecule has 0 fully saturated rings. The molecule has 3 rings (SSSR count). The van der Waals surface area contributed by atoms with Crippen LogP contribution in [0, 0.1) is 17.0 Å². The molecule has 8 heteroatoms. The maximum Gasteiger partial charge on any atom is 0.276 e. The first kappa shape index (κ1) is 16.1. The predicted molar refractivity (Wildman–Crippen MR) is 89.6 cm³/mol. The zero-order valence-electron chi connectivity index (χ0n) is 12.6. The van der Waals surface area contributed by atoms with Crippen LogP contribution in [0.4, 0.5) is 5.69 Å². The topological polar surface area (TPSA) is 91.3 Å². The Balaban J connectivity index is 1.75. The van der Waals surface area contributed by atoms with Crippen LogP contribution in [0.3, 0.4) is 0 Å². The van der Waals surface area contributed by atoms with E-state index in [1.165, 1.54) is 6.07 Å². The Kier molecular flexibility index (Phi) is 4.57. The molecule has 122 valence electrons. The van der Waals surface area contributed by atoms with Gasteiger partial charge >= 0.3 is 0 Å². The summed E-state index contributed by atoms with van der Waals surface area (Å²) >= 11 is 3.39. The lowest BCUT2D eigenvalue weighted by molar-refractivity contribution is -0.385. The van der Waals surface area contributed by atoms with Crippen LogP contribution in [0.1, 0.15) is 11.5 Å². The third-order valence-electron chi connectivity index (χ3n) is 3.35. The first-order valence-corrected chi connectivity index (χ1v) is 7.79. The summed E-state index contributed by atoms with van der Waals surface area (Å²) < 4.78 is 11.7. The molecular formula is C16H12BrN3O4. The maximum absolute atomic E-state index is 10.9. The molecule has 24 heavy (non-hydrogen) atoms. The van der Waals surface area contributed by atoms with Gasteiger partial charge in [0, 0.05) is 16.1 Å². The molecule has 0 aliphatic heterocycles. The van der Waals surface area contributed by atoms with E-state index in [1.807, 2.05) is 24.3 Å². The van der Waals surface area contributed by atoms with Crippen LogP contribution in [0.25, 0.3) is 11.4 Å². The van der Waals surface area contributed by atoms with Gasteiger partial charge in [0.2, 0.25) is 5.82 Å². The molecule has 0 spiro atoms. The standard InChI is InChI=1S/C16H12BrN3O4/c1-10-13(20(21)22)6-3-7-14(10)23-9-15-18-16(19-24-15)11-4-2-5-12(17)8-11/h2-8H,9H2,1H3.